The summed E-state index contributed by atoms with van der Waals surface area (Å²) in [6.45, 7) is 7.13. The van der Waals surface area contributed by atoms with Gasteiger partial charge in [0.2, 0.25) is 0 Å². The molecule has 1 aromatic heterocycles. The molecule has 0 aromatic carbocycles. The topological polar surface area (TPSA) is 83.6 Å². The van der Waals surface area contributed by atoms with Crippen LogP contribution in [0.15, 0.2) is 24.5 Å². The maximum absolute atomic E-state index is 12.0. The van der Waals surface area contributed by atoms with Crippen molar-refractivity contribution in [2.75, 3.05) is 19.6 Å². The van der Waals surface area contributed by atoms with E-state index >= 15 is 0 Å². The Morgan fingerprint density at radius 1 is 1.42 bits per heavy atom. The Hall–Kier alpha value is -2.31. The van der Waals surface area contributed by atoms with Crippen molar-refractivity contribution < 1.29 is 14.3 Å². The molecule has 1 saturated heterocycles. The highest BCUT2D eigenvalue weighted by Gasteiger charge is 2.30. The van der Waals surface area contributed by atoms with Crippen molar-refractivity contribution in [3.05, 3.63) is 30.1 Å². The lowest BCUT2D eigenvalue weighted by atomic mass is 10.2. The third-order valence-electron chi connectivity index (χ3n) is 3.60. The summed E-state index contributed by atoms with van der Waals surface area (Å²) in [7, 11) is 0. The summed E-state index contributed by atoms with van der Waals surface area (Å²) in [5.41, 5.74) is 0.571. The lowest BCUT2D eigenvalue weighted by Crippen LogP contribution is -2.44. The van der Waals surface area contributed by atoms with Gasteiger partial charge in [-0.2, -0.15) is 0 Å². The number of amides is 3. The largest absolute Gasteiger partial charge is 0.444 e. The Kier molecular flexibility index (Phi) is 6.00. The van der Waals surface area contributed by atoms with Crippen molar-refractivity contribution in [1.29, 1.82) is 0 Å². The van der Waals surface area contributed by atoms with Crippen LogP contribution in [-0.2, 0) is 11.2 Å². The number of rotatable bonds is 4. The number of hydrogen-bond acceptors (Lipinski definition) is 4. The monoisotopic (exact) mass is 334 g/mol. The van der Waals surface area contributed by atoms with Crippen LogP contribution < -0.4 is 10.6 Å². The fourth-order valence-corrected chi connectivity index (χ4v) is 2.47. The molecule has 1 aliphatic heterocycles. The molecule has 2 rings (SSSR count). The van der Waals surface area contributed by atoms with E-state index in [1.54, 1.807) is 17.3 Å². The number of nitrogens with zero attached hydrogens (tertiary/aromatic N) is 2. The Labute approximate surface area is 142 Å². The molecule has 0 aliphatic carbocycles. The fourth-order valence-electron chi connectivity index (χ4n) is 2.47. The lowest BCUT2D eigenvalue weighted by Gasteiger charge is -2.24. The molecule has 132 valence electrons. The quantitative estimate of drug-likeness (QED) is 0.881. The van der Waals surface area contributed by atoms with Crippen LogP contribution in [-0.4, -0.2) is 53.3 Å². The number of carbonyl (C=O) groups excluding carboxylic acids is 2. The van der Waals surface area contributed by atoms with Gasteiger partial charge in [-0.25, -0.2) is 9.59 Å². The van der Waals surface area contributed by atoms with Gasteiger partial charge in [0.25, 0.3) is 0 Å². The Morgan fingerprint density at radius 2 is 2.21 bits per heavy atom. The fraction of sp³-hybridized carbons (Fsp3) is 0.588. The van der Waals surface area contributed by atoms with Crippen molar-refractivity contribution in [2.24, 2.45) is 0 Å². The number of pyridine rings is 1. The summed E-state index contributed by atoms with van der Waals surface area (Å²) in [6, 6.07) is 3.59. The van der Waals surface area contributed by atoms with E-state index in [1.807, 2.05) is 32.9 Å². The molecule has 0 bridgehead atoms. The predicted octanol–water partition coefficient (Wildman–Crippen LogP) is 1.93. The summed E-state index contributed by atoms with van der Waals surface area (Å²) in [5, 5.41) is 5.73. The molecule has 1 aromatic rings. The predicted molar refractivity (Wildman–Crippen MR) is 90.7 cm³/mol. The standard InChI is InChI=1S/C17H26N4O3/c1-17(2,3)24-16(23)21-10-7-14(12-21)20-15(22)19-9-6-13-5-4-8-18-11-13/h4-5,8,11,14H,6-7,9-10,12H2,1-3H3,(H2,19,20,22). The van der Waals surface area contributed by atoms with Gasteiger partial charge in [0.1, 0.15) is 5.60 Å². The van der Waals surface area contributed by atoms with Gasteiger partial charge in [0.05, 0.1) is 0 Å². The molecule has 1 aliphatic rings. The van der Waals surface area contributed by atoms with Gasteiger partial charge in [0.15, 0.2) is 0 Å². The molecule has 24 heavy (non-hydrogen) atoms. The molecule has 1 unspecified atom stereocenters. The van der Waals surface area contributed by atoms with E-state index in [0.717, 1.165) is 18.4 Å². The van der Waals surface area contributed by atoms with Crippen LogP contribution in [0.3, 0.4) is 0 Å². The van der Waals surface area contributed by atoms with Gasteiger partial charge in [-0.3, -0.25) is 4.98 Å². The van der Waals surface area contributed by atoms with E-state index in [9.17, 15) is 9.59 Å². The zero-order valence-electron chi connectivity index (χ0n) is 14.5. The third-order valence-corrected chi connectivity index (χ3v) is 3.60. The van der Waals surface area contributed by atoms with Gasteiger partial charge >= 0.3 is 12.1 Å². The van der Waals surface area contributed by atoms with Gasteiger partial charge < -0.3 is 20.3 Å². The highest BCUT2D eigenvalue weighted by molar-refractivity contribution is 5.74. The number of aromatic nitrogens is 1. The van der Waals surface area contributed by atoms with Crippen molar-refractivity contribution in [3.8, 4) is 0 Å². The molecule has 1 atom stereocenters. The highest BCUT2D eigenvalue weighted by Crippen LogP contribution is 2.15. The first-order valence-electron chi connectivity index (χ1n) is 8.25. The average molecular weight is 334 g/mol. The van der Waals surface area contributed by atoms with E-state index in [-0.39, 0.29) is 18.2 Å². The maximum Gasteiger partial charge on any atom is 0.410 e. The molecule has 2 heterocycles. The summed E-state index contributed by atoms with van der Waals surface area (Å²) < 4.78 is 5.34. The number of hydrogen-bond donors (Lipinski definition) is 2. The Morgan fingerprint density at radius 3 is 2.88 bits per heavy atom. The van der Waals surface area contributed by atoms with E-state index in [1.165, 1.54) is 0 Å². The molecule has 2 N–H and O–H groups in total. The van der Waals surface area contributed by atoms with Crippen LogP contribution in [0.2, 0.25) is 0 Å². The number of carbonyl (C=O) groups is 2. The first-order chi connectivity index (χ1) is 11.3. The van der Waals surface area contributed by atoms with Crippen LogP contribution in [0.25, 0.3) is 0 Å². The highest BCUT2D eigenvalue weighted by atomic mass is 16.6. The molecular weight excluding hydrogens is 308 g/mol. The van der Waals surface area contributed by atoms with E-state index in [4.69, 9.17) is 4.74 Å². The number of urea groups is 1. The van der Waals surface area contributed by atoms with Crippen LogP contribution in [0.4, 0.5) is 9.59 Å². The van der Waals surface area contributed by atoms with Crippen molar-refractivity contribution in [2.45, 2.75) is 45.3 Å². The first kappa shape index (κ1) is 18.0. The Balaban J connectivity index is 1.67. The molecule has 0 spiro atoms. The second kappa shape index (κ2) is 7.99. The second-order valence-electron chi connectivity index (χ2n) is 6.92. The normalized spacial score (nSPS) is 17.5. The van der Waals surface area contributed by atoms with Gasteiger partial charge in [-0.05, 0) is 45.2 Å². The Bertz CT molecular complexity index is 557. The summed E-state index contributed by atoms with van der Waals surface area (Å²) in [4.78, 5) is 29.6. The number of likely N-dealkylation sites (tertiary alicyclic amines) is 1. The smallest absolute Gasteiger partial charge is 0.410 e. The molecule has 7 nitrogen and oxygen atoms in total. The molecular formula is C17H26N4O3. The first-order valence-corrected chi connectivity index (χ1v) is 8.25. The van der Waals surface area contributed by atoms with E-state index in [0.29, 0.717) is 19.6 Å². The van der Waals surface area contributed by atoms with Crippen LogP contribution in [0.1, 0.15) is 32.8 Å². The third kappa shape index (κ3) is 6.06. The summed E-state index contributed by atoms with van der Waals surface area (Å²) >= 11 is 0. The molecule has 1 fully saturated rings. The summed E-state index contributed by atoms with van der Waals surface area (Å²) in [5.74, 6) is 0. The van der Waals surface area contributed by atoms with Crippen LogP contribution >= 0.6 is 0 Å². The molecule has 3 amide bonds. The van der Waals surface area contributed by atoms with Gasteiger partial charge in [-0.15, -0.1) is 0 Å². The van der Waals surface area contributed by atoms with Gasteiger partial charge in [0, 0.05) is 38.1 Å². The SMILES string of the molecule is CC(C)(C)OC(=O)N1CCC(NC(=O)NCCc2cccnc2)C1. The van der Waals surface area contributed by atoms with Crippen LogP contribution in [0.5, 0.6) is 0 Å². The minimum atomic E-state index is -0.508. The van der Waals surface area contributed by atoms with Crippen molar-refractivity contribution >= 4 is 12.1 Å². The number of nitrogens with one attached hydrogen (secondary N) is 2. The second-order valence-corrected chi connectivity index (χ2v) is 6.92. The minimum absolute atomic E-state index is 0.0455. The molecule has 7 heteroatoms. The van der Waals surface area contributed by atoms with E-state index < -0.39 is 5.60 Å². The summed E-state index contributed by atoms with van der Waals surface area (Å²) in [6.07, 6.45) is 4.64. The average Bonchev–Trinajstić information content (AvgIpc) is 2.95. The zero-order chi connectivity index (χ0) is 17.6. The zero-order valence-corrected chi connectivity index (χ0v) is 14.5. The van der Waals surface area contributed by atoms with Crippen molar-refractivity contribution in [3.63, 3.8) is 0 Å². The minimum Gasteiger partial charge on any atom is -0.444 e. The molecule has 0 radical (unpaired) electrons. The van der Waals surface area contributed by atoms with Gasteiger partial charge in [-0.1, -0.05) is 6.07 Å². The van der Waals surface area contributed by atoms with Crippen molar-refractivity contribution in [1.82, 2.24) is 20.5 Å². The lowest BCUT2D eigenvalue weighted by molar-refractivity contribution is 0.0291. The molecule has 0 saturated carbocycles. The van der Waals surface area contributed by atoms with Crippen LogP contribution in [0, 0.1) is 0 Å². The maximum atomic E-state index is 12.0. The number of ether oxygens (including phenoxy) is 1. The van der Waals surface area contributed by atoms with E-state index in [2.05, 4.69) is 15.6 Å².